The first-order valence-corrected chi connectivity index (χ1v) is 6.99. The van der Waals surface area contributed by atoms with Crippen LogP contribution in [0.2, 0.25) is 5.02 Å². The first kappa shape index (κ1) is 15.6. The zero-order valence-electron chi connectivity index (χ0n) is 10.8. The highest BCUT2D eigenvalue weighted by atomic mass is 127. The van der Waals surface area contributed by atoms with Gasteiger partial charge in [-0.1, -0.05) is 11.6 Å². The summed E-state index contributed by atoms with van der Waals surface area (Å²) in [5.41, 5.74) is -0.512. The minimum absolute atomic E-state index is 0.381. The largest absolute Gasteiger partial charge is 0.478 e. The first-order valence-electron chi connectivity index (χ1n) is 5.53. The van der Waals surface area contributed by atoms with E-state index >= 15 is 0 Å². The van der Waals surface area contributed by atoms with Crippen molar-refractivity contribution in [2.75, 3.05) is 0 Å². The lowest BCUT2D eigenvalue weighted by Gasteiger charge is -2.23. The van der Waals surface area contributed by atoms with Gasteiger partial charge in [0.05, 0.1) is 3.57 Å². The van der Waals surface area contributed by atoms with Crippen LogP contribution in [0.1, 0.15) is 27.7 Å². The lowest BCUT2D eigenvalue weighted by Crippen LogP contribution is -2.33. The zero-order valence-corrected chi connectivity index (χ0v) is 13.7. The second kappa shape index (κ2) is 6.10. The van der Waals surface area contributed by atoms with Crippen molar-refractivity contribution in [1.29, 1.82) is 0 Å². The third kappa shape index (κ3) is 5.02. The Morgan fingerprint density at radius 3 is 2.50 bits per heavy atom. The Labute approximate surface area is 126 Å². The maximum Gasteiger partial charge on any atom is 0.347 e. The summed E-state index contributed by atoms with van der Waals surface area (Å²) < 4.78 is 11.7. The molecule has 0 aliphatic rings. The summed E-state index contributed by atoms with van der Waals surface area (Å²) in [4.78, 5) is 11.8. The van der Waals surface area contributed by atoms with Crippen molar-refractivity contribution in [2.24, 2.45) is 0 Å². The molecule has 0 bridgehead atoms. The van der Waals surface area contributed by atoms with Crippen molar-refractivity contribution in [1.82, 2.24) is 0 Å². The third-order valence-electron chi connectivity index (χ3n) is 1.94. The molecule has 0 fully saturated rings. The second-order valence-electron chi connectivity index (χ2n) is 4.87. The average molecular weight is 383 g/mol. The number of hydrogen-bond donors (Lipinski definition) is 0. The molecule has 0 saturated heterocycles. The molecule has 1 atom stereocenters. The van der Waals surface area contributed by atoms with Crippen LogP contribution in [-0.4, -0.2) is 17.7 Å². The Morgan fingerprint density at radius 1 is 1.39 bits per heavy atom. The highest BCUT2D eigenvalue weighted by Gasteiger charge is 2.23. The Hall–Kier alpha value is -0.490. The summed E-state index contributed by atoms with van der Waals surface area (Å²) in [6, 6.07) is 5.24. The van der Waals surface area contributed by atoms with Crippen molar-refractivity contribution < 1.29 is 14.3 Å². The van der Waals surface area contributed by atoms with E-state index in [-0.39, 0.29) is 5.97 Å². The van der Waals surface area contributed by atoms with Crippen LogP contribution in [0.4, 0.5) is 0 Å². The molecule has 0 aliphatic carbocycles. The molecular weight excluding hydrogens is 366 g/mol. The Morgan fingerprint density at radius 2 is 2.00 bits per heavy atom. The standard InChI is InChI=1S/C13H16ClIO3/c1-8(12(16)18-13(2,3)4)17-11-6-5-9(14)7-10(11)15/h5-8H,1-4H3/t8-/m0/s1. The van der Waals surface area contributed by atoms with Crippen LogP contribution >= 0.6 is 34.2 Å². The number of benzene rings is 1. The van der Waals surface area contributed by atoms with E-state index in [0.29, 0.717) is 10.8 Å². The predicted molar refractivity (Wildman–Crippen MR) is 80.1 cm³/mol. The smallest absolute Gasteiger partial charge is 0.347 e. The van der Waals surface area contributed by atoms with Gasteiger partial charge >= 0.3 is 5.97 Å². The van der Waals surface area contributed by atoms with Gasteiger partial charge in [0.25, 0.3) is 0 Å². The van der Waals surface area contributed by atoms with Crippen molar-refractivity contribution in [2.45, 2.75) is 39.4 Å². The van der Waals surface area contributed by atoms with Crippen molar-refractivity contribution in [3.8, 4) is 5.75 Å². The highest BCUT2D eigenvalue weighted by molar-refractivity contribution is 14.1. The normalized spacial score (nSPS) is 13.0. The van der Waals surface area contributed by atoms with Crippen molar-refractivity contribution >= 4 is 40.2 Å². The Kier molecular flexibility index (Phi) is 5.28. The highest BCUT2D eigenvalue weighted by Crippen LogP contribution is 2.25. The lowest BCUT2D eigenvalue weighted by atomic mass is 10.2. The number of hydrogen-bond acceptors (Lipinski definition) is 3. The van der Waals surface area contributed by atoms with E-state index in [2.05, 4.69) is 22.6 Å². The molecule has 0 aliphatic heterocycles. The first-order chi connectivity index (χ1) is 8.19. The summed E-state index contributed by atoms with van der Waals surface area (Å²) in [7, 11) is 0. The van der Waals surface area contributed by atoms with Crippen LogP contribution in [0, 0.1) is 3.57 Å². The molecule has 0 heterocycles. The lowest BCUT2D eigenvalue weighted by molar-refractivity contribution is -0.162. The second-order valence-corrected chi connectivity index (χ2v) is 6.47. The quantitative estimate of drug-likeness (QED) is 0.584. The van der Waals surface area contributed by atoms with Crippen LogP contribution in [0.25, 0.3) is 0 Å². The average Bonchev–Trinajstić information content (AvgIpc) is 2.19. The molecule has 1 rings (SSSR count). The maximum absolute atomic E-state index is 11.8. The van der Waals surface area contributed by atoms with Crippen molar-refractivity contribution in [3.63, 3.8) is 0 Å². The fourth-order valence-corrected chi connectivity index (χ4v) is 2.19. The van der Waals surface area contributed by atoms with Crippen LogP contribution in [0.3, 0.4) is 0 Å². The van der Waals surface area contributed by atoms with E-state index in [1.165, 1.54) is 0 Å². The molecule has 1 aromatic carbocycles. The third-order valence-corrected chi connectivity index (χ3v) is 3.01. The van der Waals surface area contributed by atoms with Crippen LogP contribution in [-0.2, 0) is 9.53 Å². The fraction of sp³-hybridized carbons (Fsp3) is 0.462. The van der Waals surface area contributed by atoms with E-state index in [1.807, 2.05) is 20.8 Å². The van der Waals surface area contributed by atoms with Gasteiger partial charge in [-0.25, -0.2) is 4.79 Å². The van der Waals surface area contributed by atoms with Gasteiger partial charge in [-0.15, -0.1) is 0 Å². The monoisotopic (exact) mass is 382 g/mol. The van der Waals surface area contributed by atoms with Gasteiger partial charge < -0.3 is 9.47 Å². The molecule has 5 heteroatoms. The summed E-state index contributed by atoms with van der Waals surface area (Å²) in [6.07, 6.45) is -0.654. The molecule has 0 saturated carbocycles. The number of esters is 1. The molecule has 0 spiro atoms. The van der Waals surface area contributed by atoms with E-state index < -0.39 is 11.7 Å². The molecule has 0 radical (unpaired) electrons. The summed E-state index contributed by atoms with van der Waals surface area (Å²) in [6.45, 7) is 7.13. The van der Waals surface area contributed by atoms with Gasteiger partial charge in [-0.2, -0.15) is 0 Å². The summed E-state index contributed by atoms with van der Waals surface area (Å²) >= 11 is 7.96. The molecule has 100 valence electrons. The van der Waals surface area contributed by atoms with Crippen LogP contribution in [0.15, 0.2) is 18.2 Å². The van der Waals surface area contributed by atoms with E-state index in [9.17, 15) is 4.79 Å². The Bertz CT molecular complexity index is 440. The molecular formula is C13H16ClIO3. The van der Waals surface area contributed by atoms with Gasteiger partial charge in [0.2, 0.25) is 0 Å². The van der Waals surface area contributed by atoms with Gasteiger partial charge in [-0.3, -0.25) is 0 Å². The minimum Gasteiger partial charge on any atom is -0.478 e. The van der Waals surface area contributed by atoms with E-state index in [0.717, 1.165) is 3.57 Å². The molecule has 0 amide bonds. The number of carbonyl (C=O) groups excluding carboxylic acids is 1. The predicted octanol–water partition coefficient (Wildman–Crippen LogP) is 4.05. The number of carbonyl (C=O) groups is 1. The number of ether oxygens (including phenoxy) is 2. The maximum atomic E-state index is 11.8. The van der Waals surface area contributed by atoms with Gasteiger partial charge in [0, 0.05) is 5.02 Å². The summed E-state index contributed by atoms with van der Waals surface area (Å²) in [5, 5.41) is 0.636. The van der Waals surface area contributed by atoms with Gasteiger partial charge in [-0.05, 0) is 68.5 Å². The molecule has 0 unspecified atom stereocenters. The van der Waals surface area contributed by atoms with Crippen LogP contribution in [0.5, 0.6) is 5.75 Å². The molecule has 18 heavy (non-hydrogen) atoms. The number of rotatable bonds is 3. The molecule has 1 aromatic rings. The molecule has 3 nitrogen and oxygen atoms in total. The van der Waals surface area contributed by atoms with Crippen LogP contribution < -0.4 is 4.74 Å². The summed E-state index contributed by atoms with van der Waals surface area (Å²) in [5.74, 6) is 0.242. The van der Waals surface area contributed by atoms with E-state index in [4.69, 9.17) is 21.1 Å². The van der Waals surface area contributed by atoms with Gasteiger partial charge in [0.15, 0.2) is 6.10 Å². The fourth-order valence-electron chi connectivity index (χ4n) is 1.19. The van der Waals surface area contributed by atoms with Crippen molar-refractivity contribution in [3.05, 3.63) is 26.8 Å². The Balaban J connectivity index is 2.69. The topological polar surface area (TPSA) is 35.5 Å². The van der Waals surface area contributed by atoms with E-state index in [1.54, 1.807) is 25.1 Å². The minimum atomic E-state index is -0.654. The zero-order chi connectivity index (χ0) is 13.9. The number of halogens is 2. The van der Waals surface area contributed by atoms with Gasteiger partial charge in [0.1, 0.15) is 11.4 Å². The SMILES string of the molecule is C[C@H](Oc1ccc(Cl)cc1I)C(=O)OC(C)(C)C. The molecule has 0 aromatic heterocycles. The molecule has 0 N–H and O–H groups in total.